The maximum absolute atomic E-state index is 4.08. The Morgan fingerprint density at radius 2 is 2.42 bits per heavy atom. The molecule has 0 aromatic carbocycles. The highest BCUT2D eigenvalue weighted by molar-refractivity contribution is 5.26. The molecule has 0 fully saturated rings. The highest BCUT2D eigenvalue weighted by Crippen LogP contribution is 1.89. The highest BCUT2D eigenvalue weighted by Gasteiger charge is 1.81. The van der Waals surface area contributed by atoms with Crippen LogP contribution in [0.4, 0.5) is 0 Å². The molecular weight excluding hydrogens is 148 g/mol. The van der Waals surface area contributed by atoms with Gasteiger partial charge in [-0.25, -0.2) is 4.98 Å². The lowest BCUT2D eigenvalue weighted by Crippen LogP contribution is -2.05. The Labute approximate surface area is 73.0 Å². The Hall–Kier alpha value is -1.33. The average Bonchev–Trinajstić information content (AvgIpc) is 2.14. The topological polar surface area (TPSA) is 24.9 Å². The lowest BCUT2D eigenvalue weighted by atomic mass is 10.3. The van der Waals surface area contributed by atoms with E-state index in [-0.39, 0.29) is 0 Å². The van der Waals surface area contributed by atoms with E-state index in [0.717, 1.165) is 18.7 Å². The first-order chi connectivity index (χ1) is 5.93. The molecule has 1 rings (SSSR count). The van der Waals surface area contributed by atoms with E-state index in [1.54, 1.807) is 6.20 Å². The molecule has 0 aliphatic heterocycles. The van der Waals surface area contributed by atoms with Crippen LogP contribution in [0.25, 0.3) is 0 Å². The van der Waals surface area contributed by atoms with Crippen molar-refractivity contribution in [3.8, 4) is 11.8 Å². The van der Waals surface area contributed by atoms with Gasteiger partial charge in [0.25, 0.3) is 0 Å². The predicted molar refractivity (Wildman–Crippen MR) is 49.7 cm³/mol. The molecule has 0 saturated heterocycles. The van der Waals surface area contributed by atoms with Gasteiger partial charge < -0.3 is 5.32 Å². The van der Waals surface area contributed by atoms with Crippen LogP contribution in [-0.4, -0.2) is 18.6 Å². The number of hydrogen-bond acceptors (Lipinski definition) is 2. The minimum absolute atomic E-state index is 0.841. The van der Waals surface area contributed by atoms with Crippen molar-refractivity contribution in [3.63, 3.8) is 0 Å². The van der Waals surface area contributed by atoms with Gasteiger partial charge in [-0.3, -0.25) is 0 Å². The fourth-order valence-corrected chi connectivity index (χ4v) is 0.777. The largest absolute Gasteiger partial charge is 0.319 e. The summed E-state index contributed by atoms with van der Waals surface area (Å²) in [7, 11) is 1.92. The SMILES string of the molecule is CNCCC#Cc1ccccn1. The Bertz CT molecular complexity index is 269. The van der Waals surface area contributed by atoms with Crippen LogP contribution in [0.2, 0.25) is 0 Å². The van der Waals surface area contributed by atoms with Crippen molar-refractivity contribution in [2.24, 2.45) is 0 Å². The minimum Gasteiger partial charge on any atom is -0.319 e. The molecule has 1 aromatic rings. The molecule has 1 aromatic heterocycles. The monoisotopic (exact) mass is 160 g/mol. The predicted octanol–water partition coefficient (Wildman–Crippen LogP) is 1.04. The van der Waals surface area contributed by atoms with Crippen LogP contribution in [0, 0.1) is 11.8 Å². The number of hydrogen-bond donors (Lipinski definition) is 1. The number of rotatable bonds is 2. The fourth-order valence-electron chi connectivity index (χ4n) is 0.777. The molecule has 0 spiro atoms. The van der Waals surface area contributed by atoms with Crippen molar-refractivity contribution >= 4 is 0 Å². The molecule has 0 saturated carbocycles. The number of nitrogens with one attached hydrogen (secondary N) is 1. The first kappa shape index (κ1) is 8.76. The number of aromatic nitrogens is 1. The van der Waals surface area contributed by atoms with E-state index in [1.165, 1.54) is 0 Å². The normalized spacial score (nSPS) is 8.75. The van der Waals surface area contributed by atoms with E-state index in [0.29, 0.717) is 0 Å². The summed E-state index contributed by atoms with van der Waals surface area (Å²) < 4.78 is 0. The fraction of sp³-hybridized carbons (Fsp3) is 0.300. The van der Waals surface area contributed by atoms with E-state index >= 15 is 0 Å². The lowest BCUT2D eigenvalue weighted by molar-refractivity contribution is 0.818. The van der Waals surface area contributed by atoms with Crippen LogP contribution in [0.1, 0.15) is 12.1 Å². The van der Waals surface area contributed by atoms with Crippen molar-refractivity contribution in [1.82, 2.24) is 10.3 Å². The molecule has 0 aliphatic carbocycles. The van der Waals surface area contributed by atoms with E-state index in [1.807, 2.05) is 25.2 Å². The Morgan fingerprint density at radius 3 is 3.08 bits per heavy atom. The maximum atomic E-state index is 4.08. The van der Waals surface area contributed by atoms with Gasteiger partial charge in [0.2, 0.25) is 0 Å². The first-order valence-electron chi connectivity index (χ1n) is 3.98. The summed E-state index contributed by atoms with van der Waals surface area (Å²) in [5.41, 5.74) is 0.841. The van der Waals surface area contributed by atoms with Crippen LogP contribution in [0.5, 0.6) is 0 Å². The minimum atomic E-state index is 0.841. The van der Waals surface area contributed by atoms with Crippen LogP contribution >= 0.6 is 0 Å². The zero-order chi connectivity index (χ0) is 8.65. The average molecular weight is 160 g/mol. The molecule has 0 atom stereocenters. The molecule has 1 N–H and O–H groups in total. The molecule has 1 heterocycles. The lowest BCUT2D eigenvalue weighted by Gasteiger charge is -1.88. The maximum Gasteiger partial charge on any atom is 0.113 e. The molecule has 0 bridgehead atoms. The summed E-state index contributed by atoms with van der Waals surface area (Å²) in [6.45, 7) is 0.930. The van der Waals surface area contributed by atoms with E-state index in [2.05, 4.69) is 22.1 Å². The highest BCUT2D eigenvalue weighted by atomic mass is 14.8. The van der Waals surface area contributed by atoms with Gasteiger partial charge in [0.15, 0.2) is 0 Å². The standard InChI is InChI=1S/C10H12N2/c1-11-8-4-2-6-10-7-3-5-9-12-10/h3,5,7,9,11H,4,8H2,1H3. The second-order valence-electron chi connectivity index (χ2n) is 2.37. The van der Waals surface area contributed by atoms with Gasteiger partial charge in [0.1, 0.15) is 5.69 Å². The van der Waals surface area contributed by atoms with Crippen LogP contribution in [-0.2, 0) is 0 Å². The summed E-state index contributed by atoms with van der Waals surface area (Å²) in [5.74, 6) is 6.01. The van der Waals surface area contributed by atoms with Gasteiger partial charge in [-0.15, -0.1) is 0 Å². The van der Waals surface area contributed by atoms with Gasteiger partial charge in [-0.1, -0.05) is 12.0 Å². The molecule has 12 heavy (non-hydrogen) atoms. The first-order valence-corrected chi connectivity index (χ1v) is 3.98. The van der Waals surface area contributed by atoms with Gasteiger partial charge in [-0.05, 0) is 25.1 Å². The van der Waals surface area contributed by atoms with Crippen molar-refractivity contribution in [2.45, 2.75) is 6.42 Å². The van der Waals surface area contributed by atoms with E-state index in [9.17, 15) is 0 Å². The molecule has 62 valence electrons. The molecule has 0 aliphatic rings. The Balaban J connectivity index is 2.44. The van der Waals surface area contributed by atoms with Gasteiger partial charge >= 0.3 is 0 Å². The van der Waals surface area contributed by atoms with Crippen molar-refractivity contribution in [2.75, 3.05) is 13.6 Å². The molecule has 2 nitrogen and oxygen atoms in total. The van der Waals surface area contributed by atoms with Crippen LogP contribution in [0.3, 0.4) is 0 Å². The molecule has 0 radical (unpaired) electrons. The summed E-state index contributed by atoms with van der Waals surface area (Å²) in [5, 5.41) is 3.03. The second kappa shape index (κ2) is 5.34. The van der Waals surface area contributed by atoms with E-state index < -0.39 is 0 Å². The summed E-state index contributed by atoms with van der Waals surface area (Å²) in [6, 6.07) is 5.74. The Morgan fingerprint density at radius 1 is 1.50 bits per heavy atom. The van der Waals surface area contributed by atoms with Crippen molar-refractivity contribution in [3.05, 3.63) is 30.1 Å². The summed E-state index contributed by atoms with van der Waals surface area (Å²) in [4.78, 5) is 4.08. The molecule has 0 unspecified atom stereocenters. The number of pyridine rings is 1. The quantitative estimate of drug-likeness (QED) is 0.516. The summed E-state index contributed by atoms with van der Waals surface area (Å²) >= 11 is 0. The summed E-state index contributed by atoms with van der Waals surface area (Å²) in [6.07, 6.45) is 2.62. The van der Waals surface area contributed by atoms with Gasteiger partial charge in [0, 0.05) is 19.2 Å². The van der Waals surface area contributed by atoms with Gasteiger partial charge in [-0.2, -0.15) is 0 Å². The van der Waals surface area contributed by atoms with Crippen molar-refractivity contribution in [1.29, 1.82) is 0 Å². The molecule has 0 amide bonds. The van der Waals surface area contributed by atoms with Gasteiger partial charge in [0.05, 0.1) is 0 Å². The smallest absolute Gasteiger partial charge is 0.113 e. The zero-order valence-corrected chi connectivity index (χ0v) is 7.17. The van der Waals surface area contributed by atoms with Crippen LogP contribution < -0.4 is 5.32 Å². The zero-order valence-electron chi connectivity index (χ0n) is 7.17. The van der Waals surface area contributed by atoms with Crippen molar-refractivity contribution < 1.29 is 0 Å². The second-order valence-corrected chi connectivity index (χ2v) is 2.37. The van der Waals surface area contributed by atoms with Crippen LogP contribution in [0.15, 0.2) is 24.4 Å². The number of nitrogens with zero attached hydrogens (tertiary/aromatic N) is 1. The van der Waals surface area contributed by atoms with E-state index in [4.69, 9.17) is 0 Å². The third-order valence-electron chi connectivity index (χ3n) is 1.38. The third-order valence-corrected chi connectivity index (χ3v) is 1.38. The third kappa shape index (κ3) is 3.18. The molecular formula is C10H12N2. The molecule has 2 heteroatoms. The Kier molecular flexibility index (Phi) is 3.90.